The molecule has 2 aromatic carbocycles. The van der Waals surface area contributed by atoms with Gasteiger partial charge in [-0.3, -0.25) is 4.98 Å². The zero-order chi connectivity index (χ0) is 13.2. The molecule has 3 rings (SSSR count). The van der Waals surface area contributed by atoms with E-state index in [0.29, 0.717) is 0 Å². The number of aromatic nitrogens is 1. The summed E-state index contributed by atoms with van der Waals surface area (Å²) in [5, 5.41) is 4.62. The van der Waals surface area contributed by atoms with Gasteiger partial charge in [0.2, 0.25) is 0 Å². The van der Waals surface area contributed by atoms with Crippen LogP contribution in [-0.4, -0.2) is 4.98 Å². The van der Waals surface area contributed by atoms with E-state index in [0.717, 1.165) is 22.3 Å². The number of fused-ring (bicyclic) bond motifs is 1. The van der Waals surface area contributed by atoms with Crippen LogP contribution in [0, 0.1) is 13.8 Å². The molecule has 3 aromatic rings. The summed E-state index contributed by atoms with van der Waals surface area (Å²) in [7, 11) is 0. The molecule has 0 radical (unpaired) electrons. The fourth-order valence-corrected chi connectivity index (χ4v) is 2.23. The van der Waals surface area contributed by atoms with Crippen molar-refractivity contribution in [1.82, 2.24) is 4.98 Å². The lowest BCUT2D eigenvalue weighted by molar-refractivity contribution is 1.36. The van der Waals surface area contributed by atoms with E-state index < -0.39 is 0 Å². The minimum Gasteiger partial charge on any atom is -0.355 e. The molecular formula is C17H16N2. The smallest absolute Gasteiger partial charge is 0.0751 e. The highest BCUT2D eigenvalue weighted by Gasteiger charge is 2.03. The van der Waals surface area contributed by atoms with Gasteiger partial charge >= 0.3 is 0 Å². The molecule has 0 bridgehead atoms. The lowest BCUT2D eigenvalue weighted by atomic mass is 10.1. The molecule has 0 spiro atoms. The molecule has 0 aliphatic carbocycles. The summed E-state index contributed by atoms with van der Waals surface area (Å²) >= 11 is 0. The normalized spacial score (nSPS) is 10.6. The van der Waals surface area contributed by atoms with Gasteiger partial charge in [-0.05, 0) is 37.6 Å². The Morgan fingerprint density at radius 2 is 1.68 bits per heavy atom. The zero-order valence-electron chi connectivity index (χ0n) is 11.1. The van der Waals surface area contributed by atoms with E-state index in [2.05, 4.69) is 66.6 Å². The molecule has 1 N–H and O–H groups in total. The Hall–Kier alpha value is -2.35. The van der Waals surface area contributed by atoms with Crippen molar-refractivity contribution in [2.75, 3.05) is 5.32 Å². The second-order valence-corrected chi connectivity index (χ2v) is 4.82. The van der Waals surface area contributed by atoms with Crippen molar-refractivity contribution in [3.8, 4) is 0 Å². The topological polar surface area (TPSA) is 24.9 Å². The Balaban J connectivity index is 2.06. The van der Waals surface area contributed by atoms with Crippen LogP contribution < -0.4 is 5.32 Å². The highest BCUT2D eigenvalue weighted by Crippen LogP contribution is 2.26. The third kappa shape index (κ3) is 2.29. The Labute approximate surface area is 113 Å². The number of hydrogen-bond acceptors (Lipinski definition) is 2. The average molecular weight is 248 g/mol. The number of aryl methyl sites for hydroxylation is 2. The fourth-order valence-electron chi connectivity index (χ4n) is 2.23. The van der Waals surface area contributed by atoms with Crippen LogP contribution in [0.2, 0.25) is 0 Å². The van der Waals surface area contributed by atoms with Crippen molar-refractivity contribution in [2.45, 2.75) is 13.8 Å². The lowest BCUT2D eigenvalue weighted by Crippen LogP contribution is -1.93. The number of hydrogen-bond donors (Lipinski definition) is 1. The van der Waals surface area contributed by atoms with E-state index >= 15 is 0 Å². The van der Waals surface area contributed by atoms with Gasteiger partial charge in [-0.15, -0.1) is 0 Å². The van der Waals surface area contributed by atoms with Crippen LogP contribution in [0.1, 0.15) is 11.1 Å². The zero-order valence-corrected chi connectivity index (χ0v) is 11.1. The monoisotopic (exact) mass is 248 g/mol. The van der Waals surface area contributed by atoms with Gasteiger partial charge < -0.3 is 5.32 Å². The minimum atomic E-state index is 1.06. The van der Waals surface area contributed by atoms with Crippen molar-refractivity contribution < 1.29 is 0 Å². The van der Waals surface area contributed by atoms with Gasteiger partial charge in [0, 0.05) is 23.0 Å². The molecule has 2 heteroatoms. The molecule has 0 atom stereocenters. The van der Waals surface area contributed by atoms with Gasteiger partial charge in [-0.25, -0.2) is 0 Å². The van der Waals surface area contributed by atoms with Crippen molar-refractivity contribution in [3.05, 3.63) is 65.9 Å². The molecule has 1 heterocycles. The molecule has 0 fully saturated rings. The highest BCUT2D eigenvalue weighted by molar-refractivity contribution is 5.94. The van der Waals surface area contributed by atoms with Crippen LogP contribution >= 0.6 is 0 Å². The van der Waals surface area contributed by atoms with E-state index in [1.807, 2.05) is 12.3 Å². The molecular weight excluding hydrogens is 232 g/mol. The molecule has 94 valence electrons. The van der Waals surface area contributed by atoms with Gasteiger partial charge in [0.25, 0.3) is 0 Å². The summed E-state index contributed by atoms with van der Waals surface area (Å²) in [4.78, 5) is 4.46. The predicted molar refractivity (Wildman–Crippen MR) is 80.9 cm³/mol. The van der Waals surface area contributed by atoms with E-state index in [-0.39, 0.29) is 0 Å². The first-order valence-electron chi connectivity index (χ1n) is 6.42. The summed E-state index contributed by atoms with van der Waals surface area (Å²) in [6.07, 6.45) is 1.85. The summed E-state index contributed by atoms with van der Waals surface area (Å²) in [5.74, 6) is 0. The molecule has 0 saturated carbocycles. The molecule has 2 nitrogen and oxygen atoms in total. The molecule has 1 aromatic heterocycles. The van der Waals surface area contributed by atoms with Gasteiger partial charge in [-0.1, -0.05) is 35.9 Å². The van der Waals surface area contributed by atoms with Crippen LogP contribution in [0.25, 0.3) is 10.9 Å². The van der Waals surface area contributed by atoms with Crippen LogP contribution in [0.5, 0.6) is 0 Å². The van der Waals surface area contributed by atoms with E-state index in [1.54, 1.807) is 0 Å². The summed E-state index contributed by atoms with van der Waals surface area (Å²) < 4.78 is 0. The second kappa shape index (κ2) is 4.73. The summed E-state index contributed by atoms with van der Waals surface area (Å²) in [6, 6.07) is 16.7. The van der Waals surface area contributed by atoms with Crippen molar-refractivity contribution in [2.24, 2.45) is 0 Å². The van der Waals surface area contributed by atoms with E-state index in [9.17, 15) is 0 Å². The van der Waals surface area contributed by atoms with Crippen LogP contribution in [-0.2, 0) is 0 Å². The van der Waals surface area contributed by atoms with Crippen LogP contribution in [0.4, 0.5) is 11.4 Å². The first-order chi connectivity index (χ1) is 9.24. The maximum absolute atomic E-state index is 4.46. The molecule has 19 heavy (non-hydrogen) atoms. The first kappa shape index (κ1) is 11.7. The molecule has 0 aliphatic rings. The summed E-state index contributed by atoms with van der Waals surface area (Å²) in [5.41, 5.74) is 5.71. The van der Waals surface area contributed by atoms with Gasteiger partial charge in [0.1, 0.15) is 0 Å². The quantitative estimate of drug-likeness (QED) is 0.717. The lowest BCUT2D eigenvalue weighted by Gasteiger charge is -2.10. The van der Waals surface area contributed by atoms with Gasteiger partial charge in [0.15, 0.2) is 0 Å². The largest absolute Gasteiger partial charge is 0.355 e. The SMILES string of the molecule is Cc1ccc(Nc2ccnc3c(C)cccc23)cc1. The molecule has 0 unspecified atom stereocenters. The van der Waals surface area contributed by atoms with Crippen LogP contribution in [0.15, 0.2) is 54.7 Å². The number of benzene rings is 2. The third-order valence-electron chi connectivity index (χ3n) is 3.30. The molecule has 0 amide bonds. The Morgan fingerprint density at radius 1 is 0.895 bits per heavy atom. The van der Waals surface area contributed by atoms with Crippen LogP contribution in [0.3, 0.4) is 0 Å². The van der Waals surface area contributed by atoms with Gasteiger partial charge in [0.05, 0.1) is 5.52 Å². The minimum absolute atomic E-state index is 1.06. The van der Waals surface area contributed by atoms with E-state index in [4.69, 9.17) is 0 Å². The Morgan fingerprint density at radius 3 is 2.47 bits per heavy atom. The van der Waals surface area contributed by atoms with E-state index in [1.165, 1.54) is 11.1 Å². The van der Waals surface area contributed by atoms with Crippen molar-refractivity contribution in [1.29, 1.82) is 0 Å². The average Bonchev–Trinajstić information content (AvgIpc) is 2.43. The van der Waals surface area contributed by atoms with Gasteiger partial charge in [-0.2, -0.15) is 0 Å². The molecule has 0 saturated heterocycles. The predicted octanol–water partition coefficient (Wildman–Crippen LogP) is 4.60. The molecule has 0 aliphatic heterocycles. The first-order valence-corrected chi connectivity index (χ1v) is 6.42. The summed E-state index contributed by atoms with van der Waals surface area (Å²) in [6.45, 7) is 4.18. The maximum Gasteiger partial charge on any atom is 0.0751 e. The number of pyridine rings is 1. The third-order valence-corrected chi connectivity index (χ3v) is 3.30. The standard InChI is InChI=1S/C17H16N2/c1-12-6-8-14(9-7-12)19-16-10-11-18-17-13(2)4-3-5-15(16)17/h3-11H,1-2H3,(H,18,19). The van der Waals surface area contributed by atoms with Crippen molar-refractivity contribution in [3.63, 3.8) is 0 Å². The number of nitrogens with one attached hydrogen (secondary N) is 1. The number of para-hydroxylation sites is 1. The second-order valence-electron chi connectivity index (χ2n) is 4.82. The highest BCUT2D eigenvalue weighted by atomic mass is 14.9. The Bertz CT molecular complexity index is 715. The number of anilines is 2. The number of rotatable bonds is 2. The number of nitrogens with zero attached hydrogens (tertiary/aromatic N) is 1. The fraction of sp³-hybridized carbons (Fsp3) is 0.118. The Kier molecular flexibility index (Phi) is 2.92. The maximum atomic E-state index is 4.46. The van der Waals surface area contributed by atoms with Crippen molar-refractivity contribution >= 4 is 22.3 Å².